The van der Waals surface area contributed by atoms with E-state index in [2.05, 4.69) is 50.9 Å². The number of piperidine rings is 2. The standard InChI is InChI=1S/C43H52N8O6/c1-20(2)35(48-42(54)56-5)40(52)50-31-16-25(31)18-33(50)38-44-28-13-11-23(15-30(28)46-38)22-10-12-27-24(14-22)8-7-9-29-37(27)47-39(45-29)34-19-26-17-32(26)51(34)41(53)36(21(3)4)49-43(55)57-6/h10-15,20-21,25-26,31-36H,7-9,16-19H2,1-6H3,(H,44,46)(H,45,47)(H,48,54)(H,49,55)/t25-,26-,31-,32-,33+,34+,35+,36+/m1/s1. The van der Waals surface area contributed by atoms with Gasteiger partial charge >= 0.3 is 12.2 Å². The Morgan fingerprint density at radius 3 is 1.86 bits per heavy atom. The van der Waals surface area contributed by atoms with E-state index in [9.17, 15) is 19.2 Å². The van der Waals surface area contributed by atoms with Crippen LogP contribution in [-0.4, -0.2) is 92.1 Å². The average molecular weight is 777 g/mol. The summed E-state index contributed by atoms with van der Waals surface area (Å²) < 4.78 is 9.66. The minimum absolute atomic E-state index is 0.0817. The lowest BCUT2D eigenvalue weighted by Gasteiger charge is -2.32. The fraction of sp³-hybridized carbons (Fsp3) is 0.535. The van der Waals surface area contributed by atoms with Crippen molar-refractivity contribution in [1.82, 2.24) is 40.4 Å². The molecule has 8 atom stereocenters. The number of carbonyl (C=O) groups excluding carboxylic acids is 4. The van der Waals surface area contributed by atoms with E-state index in [4.69, 9.17) is 19.4 Å². The van der Waals surface area contributed by atoms with Gasteiger partial charge in [-0.3, -0.25) is 9.59 Å². The molecule has 4 amide bonds. The van der Waals surface area contributed by atoms with Crippen LogP contribution in [0.15, 0.2) is 36.4 Å². The van der Waals surface area contributed by atoms with E-state index >= 15 is 0 Å². The number of imidazole rings is 2. The van der Waals surface area contributed by atoms with E-state index in [0.29, 0.717) is 11.8 Å². The first-order valence-corrected chi connectivity index (χ1v) is 20.5. The summed E-state index contributed by atoms with van der Waals surface area (Å²) >= 11 is 0. The van der Waals surface area contributed by atoms with Crippen molar-refractivity contribution in [2.24, 2.45) is 23.7 Å². The van der Waals surface area contributed by atoms with Gasteiger partial charge in [-0.05, 0) is 97.4 Å². The molecular weight excluding hydrogens is 725 g/mol. The molecule has 14 heteroatoms. The highest BCUT2D eigenvalue weighted by Gasteiger charge is 2.57. The van der Waals surface area contributed by atoms with Crippen LogP contribution in [0.4, 0.5) is 9.59 Å². The highest BCUT2D eigenvalue weighted by Crippen LogP contribution is 2.55. The zero-order valence-corrected chi connectivity index (χ0v) is 33.4. The fourth-order valence-electron chi connectivity index (χ4n) is 9.78. The maximum atomic E-state index is 14.0. The average Bonchev–Trinajstić information content (AvgIpc) is 3.91. The number of fused-ring (bicyclic) bond motifs is 6. The van der Waals surface area contributed by atoms with E-state index < -0.39 is 24.3 Å². The van der Waals surface area contributed by atoms with Crippen LogP contribution >= 0.6 is 0 Å². The fourth-order valence-corrected chi connectivity index (χ4v) is 9.78. The molecule has 0 bridgehead atoms. The summed E-state index contributed by atoms with van der Waals surface area (Å²) in [5.74, 6) is 2.10. The summed E-state index contributed by atoms with van der Waals surface area (Å²) in [5, 5.41) is 5.53. The quantitative estimate of drug-likeness (QED) is 0.156. The molecule has 4 fully saturated rings. The van der Waals surface area contributed by atoms with Crippen molar-refractivity contribution in [3.63, 3.8) is 0 Å². The summed E-state index contributed by atoms with van der Waals surface area (Å²) in [4.78, 5) is 73.5. The number of hydrogen-bond acceptors (Lipinski definition) is 8. The van der Waals surface area contributed by atoms with Crippen LogP contribution in [0.5, 0.6) is 0 Å². The number of hydrogen-bond donors (Lipinski definition) is 4. The lowest BCUT2D eigenvalue weighted by molar-refractivity contribution is -0.137. The number of nitrogens with zero attached hydrogens (tertiary/aromatic N) is 4. The molecule has 9 rings (SSSR count). The van der Waals surface area contributed by atoms with Crippen LogP contribution in [0.3, 0.4) is 0 Å². The third-order valence-electron chi connectivity index (χ3n) is 13.0. The largest absolute Gasteiger partial charge is 0.453 e. The summed E-state index contributed by atoms with van der Waals surface area (Å²) in [6.45, 7) is 7.73. The van der Waals surface area contributed by atoms with Gasteiger partial charge in [-0.2, -0.15) is 0 Å². The molecule has 2 saturated heterocycles. The molecule has 3 aliphatic carbocycles. The van der Waals surface area contributed by atoms with Crippen molar-refractivity contribution < 1.29 is 28.7 Å². The summed E-state index contributed by atoms with van der Waals surface area (Å²) in [7, 11) is 2.62. The Bertz CT molecular complexity index is 2260. The summed E-state index contributed by atoms with van der Waals surface area (Å²) in [5.41, 5.74) is 8.32. The predicted octanol–water partition coefficient (Wildman–Crippen LogP) is 6.19. The van der Waals surface area contributed by atoms with E-state index in [-0.39, 0.29) is 47.8 Å². The molecule has 57 heavy (non-hydrogen) atoms. The van der Waals surface area contributed by atoms with Gasteiger partial charge in [-0.15, -0.1) is 0 Å². The third-order valence-corrected chi connectivity index (χ3v) is 13.0. The molecule has 2 aromatic heterocycles. The number of rotatable bonds is 9. The molecule has 4 heterocycles. The SMILES string of the molecule is COC(=O)N[C@H](C(=O)N1[C@@H]2C[C@@H]2C[C@H]1c1nc2c([nH]1)CCCc1cc(-c3ccc4nc([C@@H]5C[C@H]6C[C@H]6N5C(=O)[C@@H](NC(=O)OC)C(C)C)[nH]c4c3)ccc1-2)C(C)C. The molecule has 0 unspecified atom stereocenters. The number of aromatic amines is 2. The molecule has 2 saturated carbocycles. The number of nitrogens with one attached hydrogen (secondary N) is 4. The Hall–Kier alpha value is -5.40. The number of amides is 4. The highest BCUT2D eigenvalue weighted by molar-refractivity contribution is 5.89. The van der Waals surface area contributed by atoms with Gasteiger partial charge in [0, 0.05) is 23.3 Å². The number of aromatic nitrogens is 4. The molecule has 300 valence electrons. The highest BCUT2D eigenvalue weighted by atomic mass is 16.5. The zero-order chi connectivity index (χ0) is 39.9. The number of ether oxygens (including phenoxy) is 2. The lowest BCUT2D eigenvalue weighted by atomic mass is 9.96. The molecule has 2 aromatic carbocycles. The Morgan fingerprint density at radius 1 is 0.719 bits per heavy atom. The molecule has 14 nitrogen and oxygen atoms in total. The van der Waals surface area contributed by atoms with Gasteiger partial charge in [0.25, 0.3) is 0 Å². The Morgan fingerprint density at radius 2 is 1.28 bits per heavy atom. The Balaban J connectivity index is 0.962. The van der Waals surface area contributed by atoms with Crippen molar-refractivity contribution in [2.75, 3.05) is 14.2 Å². The Labute approximate surface area is 331 Å². The van der Waals surface area contributed by atoms with Gasteiger partial charge in [-0.1, -0.05) is 52.0 Å². The molecule has 0 radical (unpaired) electrons. The van der Waals surface area contributed by atoms with E-state index in [1.165, 1.54) is 19.8 Å². The Kier molecular flexibility index (Phi) is 9.27. The molecule has 0 spiro atoms. The summed E-state index contributed by atoms with van der Waals surface area (Å²) in [6.07, 6.45) is 5.20. The second-order valence-corrected chi connectivity index (χ2v) is 17.4. The minimum Gasteiger partial charge on any atom is -0.453 e. The third kappa shape index (κ3) is 6.60. The van der Waals surface area contributed by atoms with E-state index in [1.807, 2.05) is 43.6 Å². The van der Waals surface area contributed by atoms with Gasteiger partial charge in [0.05, 0.1) is 43.0 Å². The first kappa shape index (κ1) is 37.2. The first-order valence-electron chi connectivity index (χ1n) is 20.5. The van der Waals surface area contributed by atoms with Crippen molar-refractivity contribution >= 4 is 35.0 Å². The maximum absolute atomic E-state index is 14.0. The van der Waals surface area contributed by atoms with Gasteiger partial charge in [0.15, 0.2) is 0 Å². The smallest absolute Gasteiger partial charge is 0.407 e. The molecule has 2 aliphatic heterocycles. The van der Waals surface area contributed by atoms with Crippen molar-refractivity contribution in [2.45, 2.75) is 109 Å². The van der Waals surface area contributed by atoms with Crippen molar-refractivity contribution in [3.8, 4) is 22.4 Å². The molecule has 5 aliphatic rings. The first-order chi connectivity index (χ1) is 27.4. The van der Waals surface area contributed by atoms with Crippen LogP contribution in [0.25, 0.3) is 33.4 Å². The summed E-state index contributed by atoms with van der Waals surface area (Å²) in [6, 6.07) is 11.5. The lowest BCUT2D eigenvalue weighted by Crippen LogP contribution is -2.52. The second-order valence-electron chi connectivity index (χ2n) is 17.4. The van der Waals surface area contributed by atoms with E-state index in [1.54, 1.807) is 0 Å². The molecular formula is C43H52N8O6. The number of carbonyl (C=O) groups is 4. The van der Waals surface area contributed by atoms with Gasteiger partial charge in [0.2, 0.25) is 11.8 Å². The zero-order valence-electron chi connectivity index (χ0n) is 33.4. The number of methoxy groups -OCH3 is 2. The van der Waals surface area contributed by atoms with Gasteiger partial charge in [-0.25, -0.2) is 19.6 Å². The minimum atomic E-state index is -0.681. The van der Waals surface area contributed by atoms with Gasteiger partial charge in [0.1, 0.15) is 23.7 Å². The number of H-pyrrole nitrogens is 2. The van der Waals surface area contributed by atoms with Crippen LogP contribution < -0.4 is 10.6 Å². The number of aryl methyl sites for hydroxylation is 2. The number of benzene rings is 2. The van der Waals surface area contributed by atoms with Crippen LogP contribution in [-0.2, 0) is 31.9 Å². The molecule has 4 aromatic rings. The van der Waals surface area contributed by atoms with E-state index in [0.717, 1.165) is 95.7 Å². The van der Waals surface area contributed by atoms with Crippen LogP contribution in [0, 0.1) is 23.7 Å². The van der Waals surface area contributed by atoms with Gasteiger partial charge < -0.3 is 39.9 Å². The maximum Gasteiger partial charge on any atom is 0.407 e. The van der Waals surface area contributed by atoms with Crippen LogP contribution in [0.2, 0.25) is 0 Å². The monoisotopic (exact) mass is 776 g/mol. The number of alkyl carbamates (subject to hydrolysis) is 2. The number of likely N-dealkylation sites (tertiary alicyclic amines) is 2. The van der Waals surface area contributed by atoms with Crippen molar-refractivity contribution in [1.29, 1.82) is 0 Å². The predicted molar refractivity (Wildman–Crippen MR) is 212 cm³/mol. The van der Waals surface area contributed by atoms with Crippen molar-refractivity contribution in [3.05, 3.63) is 59.3 Å². The van der Waals surface area contributed by atoms with Crippen LogP contribution in [0.1, 0.15) is 94.8 Å². The topological polar surface area (TPSA) is 175 Å². The normalized spacial score (nSPS) is 25.3. The molecule has 4 N–H and O–H groups in total. The second kappa shape index (κ2) is 14.2.